The smallest absolute Gasteiger partial charge is 0.229 e. The third kappa shape index (κ3) is 4.43. The second-order valence-corrected chi connectivity index (χ2v) is 7.58. The second-order valence-electron chi connectivity index (χ2n) is 5.83. The molecule has 23 heavy (non-hydrogen) atoms. The van der Waals surface area contributed by atoms with Crippen molar-refractivity contribution in [3.63, 3.8) is 0 Å². The fraction of sp³-hybridized carbons (Fsp3) is 0.533. The van der Waals surface area contributed by atoms with Crippen molar-refractivity contribution < 1.29 is 17.9 Å². The molecule has 2 rings (SSSR count). The molecule has 0 aromatic heterocycles. The summed E-state index contributed by atoms with van der Waals surface area (Å²) in [6.45, 7) is 2.81. The highest BCUT2D eigenvalue weighted by Gasteiger charge is 2.27. The zero-order chi connectivity index (χ0) is 17.2. The van der Waals surface area contributed by atoms with Crippen LogP contribution in [0.25, 0.3) is 0 Å². The first-order valence-electron chi connectivity index (χ1n) is 7.37. The van der Waals surface area contributed by atoms with Gasteiger partial charge in [0.05, 0.1) is 18.0 Å². The van der Waals surface area contributed by atoms with E-state index in [2.05, 4.69) is 9.62 Å². The van der Waals surface area contributed by atoms with Gasteiger partial charge in [-0.3, -0.25) is 9.52 Å². The van der Waals surface area contributed by atoms with Crippen LogP contribution in [0.5, 0.6) is 0 Å². The van der Waals surface area contributed by atoms with Crippen LogP contribution < -0.4 is 15.4 Å². The van der Waals surface area contributed by atoms with Gasteiger partial charge in [0.15, 0.2) is 5.78 Å². The molecular weight excluding hydrogens is 318 g/mol. The first kappa shape index (κ1) is 17.7. The predicted molar refractivity (Wildman–Crippen MR) is 90.5 cm³/mol. The van der Waals surface area contributed by atoms with Crippen LogP contribution in [-0.4, -0.2) is 52.8 Å². The van der Waals surface area contributed by atoms with Gasteiger partial charge in [0, 0.05) is 37.5 Å². The zero-order valence-electron chi connectivity index (χ0n) is 13.6. The van der Waals surface area contributed by atoms with E-state index in [1.807, 2.05) is 0 Å². The molecule has 1 aromatic rings. The molecular formula is C15H23N3O4S. The average molecular weight is 341 g/mol. The van der Waals surface area contributed by atoms with Gasteiger partial charge in [-0.2, -0.15) is 0 Å². The first-order chi connectivity index (χ1) is 10.7. The number of carbonyl (C=O) groups excluding carboxylic acids is 1. The second kappa shape index (κ2) is 6.86. The molecule has 1 aliphatic rings. The van der Waals surface area contributed by atoms with Crippen molar-refractivity contribution in [1.29, 1.82) is 0 Å². The third-order valence-electron chi connectivity index (χ3n) is 3.96. The number of anilines is 2. The molecule has 0 radical (unpaired) electrons. The Morgan fingerprint density at radius 3 is 2.70 bits per heavy atom. The molecule has 0 bridgehead atoms. The molecule has 7 nitrogen and oxygen atoms in total. The van der Waals surface area contributed by atoms with E-state index in [9.17, 15) is 13.2 Å². The van der Waals surface area contributed by atoms with Gasteiger partial charge < -0.3 is 15.4 Å². The van der Waals surface area contributed by atoms with Gasteiger partial charge >= 0.3 is 0 Å². The predicted octanol–water partition coefficient (Wildman–Crippen LogP) is 0.813. The van der Waals surface area contributed by atoms with Crippen LogP contribution in [0.2, 0.25) is 0 Å². The summed E-state index contributed by atoms with van der Waals surface area (Å²) < 4.78 is 30.6. The van der Waals surface area contributed by atoms with E-state index >= 15 is 0 Å². The highest BCUT2D eigenvalue weighted by molar-refractivity contribution is 7.92. The number of Topliss-reactive ketones (excluding diaryl/α,β-unsaturated/α-hetero) is 1. The molecule has 0 amide bonds. The maximum atomic E-state index is 11.9. The number of hydrogen-bond donors (Lipinski definition) is 2. The van der Waals surface area contributed by atoms with Gasteiger partial charge in [-0.15, -0.1) is 0 Å². The molecule has 3 N–H and O–H groups in total. The summed E-state index contributed by atoms with van der Waals surface area (Å²) in [5.41, 5.74) is 7.51. The largest absolute Gasteiger partial charge is 0.378 e. The fourth-order valence-electron chi connectivity index (χ4n) is 2.73. The number of ketones is 1. The molecule has 0 unspecified atom stereocenters. The third-order valence-corrected chi connectivity index (χ3v) is 4.55. The van der Waals surface area contributed by atoms with E-state index in [1.165, 1.54) is 6.92 Å². The lowest BCUT2D eigenvalue weighted by molar-refractivity contribution is 0.0730. The van der Waals surface area contributed by atoms with Crippen LogP contribution in [-0.2, 0) is 14.8 Å². The average Bonchev–Trinajstić information content (AvgIpc) is 2.46. The Kier molecular flexibility index (Phi) is 5.28. The van der Waals surface area contributed by atoms with Crippen molar-refractivity contribution in [3.8, 4) is 0 Å². The summed E-state index contributed by atoms with van der Waals surface area (Å²) in [7, 11) is -1.81. The number of hydrogen-bond acceptors (Lipinski definition) is 6. The molecule has 0 spiro atoms. The van der Waals surface area contributed by atoms with E-state index in [1.54, 1.807) is 25.3 Å². The van der Waals surface area contributed by atoms with Gasteiger partial charge in [0.1, 0.15) is 0 Å². The molecule has 1 aliphatic heterocycles. The Bertz CT molecular complexity index is 690. The van der Waals surface area contributed by atoms with Gasteiger partial charge in [-0.1, -0.05) is 0 Å². The minimum Gasteiger partial charge on any atom is -0.378 e. The molecule has 128 valence electrons. The summed E-state index contributed by atoms with van der Waals surface area (Å²) in [6.07, 6.45) is 1.77. The summed E-state index contributed by atoms with van der Waals surface area (Å²) in [4.78, 5) is 14.0. The number of carbonyl (C=O) groups is 1. The van der Waals surface area contributed by atoms with Crippen molar-refractivity contribution in [2.75, 3.05) is 36.1 Å². The Morgan fingerprint density at radius 2 is 2.13 bits per heavy atom. The molecule has 0 aliphatic carbocycles. The van der Waals surface area contributed by atoms with Crippen LogP contribution >= 0.6 is 0 Å². The maximum Gasteiger partial charge on any atom is 0.229 e. The lowest BCUT2D eigenvalue weighted by Gasteiger charge is -2.37. The SMILES string of the molecule is CO[C@H]1CN(c2ccc(NS(C)(=O)=O)c(C(C)=O)c2)CC[C@@H]1N. The van der Waals surface area contributed by atoms with E-state index in [0.29, 0.717) is 17.8 Å². The fourth-order valence-corrected chi connectivity index (χ4v) is 3.30. The lowest BCUT2D eigenvalue weighted by atomic mass is 10.0. The highest BCUT2D eigenvalue weighted by atomic mass is 32.2. The summed E-state index contributed by atoms with van der Waals surface area (Å²) in [5.74, 6) is -0.199. The monoisotopic (exact) mass is 341 g/mol. The number of nitrogens with one attached hydrogen (secondary N) is 1. The van der Waals surface area contributed by atoms with E-state index in [-0.39, 0.29) is 17.9 Å². The van der Waals surface area contributed by atoms with Crippen LogP contribution in [0, 0.1) is 0 Å². The highest BCUT2D eigenvalue weighted by Crippen LogP contribution is 2.27. The topological polar surface area (TPSA) is 102 Å². The number of piperidine rings is 1. The normalized spacial score (nSPS) is 22.0. The quantitative estimate of drug-likeness (QED) is 0.769. The summed E-state index contributed by atoms with van der Waals surface area (Å²) in [5, 5.41) is 0. The van der Waals surface area contributed by atoms with Crippen LogP contribution in [0.4, 0.5) is 11.4 Å². The summed E-state index contributed by atoms with van der Waals surface area (Å²) in [6, 6.07) is 5.11. The van der Waals surface area contributed by atoms with Gasteiger partial charge in [-0.05, 0) is 31.5 Å². The van der Waals surface area contributed by atoms with Gasteiger partial charge in [-0.25, -0.2) is 8.42 Å². The minimum absolute atomic E-state index is 0.00491. The lowest BCUT2D eigenvalue weighted by Crippen LogP contribution is -2.51. The Hall–Kier alpha value is -1.64. The number of nitrogens with zero attached hydrogens (tertiary/aromatic N) is 1. The Balaban J connectivity index is 2.31. The minimum atomic E-state index is -3.44. The summed E-state index contributed by atoms with van der Waals surface area (Å²) >= 11 is 0. The Morgan fingerprint density at radius 1 is 1.43 bits per heavy atom. The van der Waals surface area contributed by atoms with E-state index < -0.39 is 10.0 Å². The standard InChI is InChI=1S/C15H23N3O4S/c1-10(19)12-8-11(4-5-14(12)17-23(3,20)21)18-7-6-13(16)15(9-18)22-2/h4-5,8,13,15,17H,6-7,9,16H2,1-3H3/t13-,15-/m0/s1. The van der Waals surface area contributed by atoms with Gasteiger partial charge in [0.25, 0.3) is 0 Å². The molecule has 2 atom stereocenters. The van der Waals surface area contributed by atoms with Crippen molar-refractivity contribution >= 4 is 27.2 Å². The van der Waals surface area contributed by atoms with E-state index in [4.69, 9.17) is 10.5 Å². The molecule has 1 aromatic carbocycles. The van der Waals surface area contributed by atoms with Crippen LogP contribution in [0.1, 0.15) is 23.7 Å². The number of rotatable bonds is 5. The molecule has 0 saturated carbocycles. The molecule has 1 saturated heterocycles. The van der Waals surface area contributed by atoms with Gasteiger partial charge in [0.2, 0.25) is 10.0 Å². The van der Waals surface area contributed by atoms with Crippen molar-refractivity contribution in [3.05, 3.63) is 23.8 Å². The van der Waals surface area contributed by atoms with Crippen LogP contribution in [0.15, 0.2) is 18.2 Å². The molecule has 1 fully saturated rings. The maximum absolute atomic E-state index is 11.9. The van der Waals surface area contributed by atoms with Crippen LogP contribution in [0.3, 0.4) is 0 Å². The van der Waals surface area contributed by atoms with Crippen molar-refractivity contribution in [2.45, 2.75) is 25.5 Å². The number of sulfonamides is 1. The number of nitrogens with two attached hydrogens (primary N) is 1. The zero-order valence-corrected chi connectivity index (χ0v) is 14.4. The first-order valence-corrected chi connectivity index (χ1v) is 9.26. The molecule has 8 heteroatoms. The number of ether oxygens (including phenoxy) is 1. The van der Waals surface area contributed by atoms with E-state index in [0.717, 1.165) is 24.9 Å². The molecule has 1 heterocycles. The van der Waals surface area contributed by atoms with Crippen molar-refractivity contribution in [1.82, 2.24) is 0 Å². The Labute approximate surface area is 136 Å². The van der Waals surface area contributed by atoms with Crippen molar-refractivity contribution in [2.24, 2.45) is 5.73 Å². The number of methoxy groups -OCH3 is 1. The number of benzene rings is 1.